The quantitative estimate of drug-likeness (QED) is 0.413. The fourth-order valence-corrected chi connectivity index (χ4v) is 2.12. The first-order valence-electron chi connectivity index (χ1n) is 5.55. The Hall–Kier alpha value is -2.84. The molecule has 0 radical (unpaired) electrons. The first kappa shape index (κ1) is 10.3. The Morgan fingerprint density at radius 1 is 0.833 bits per heavy atom. The van der Waals surface area contributed by atoms with Gasteiger partial charge >= 0.3 is 0 Å². The summed E-state index contributed by atoms with van der Waals surface area (Å²) in [4.78, 5) is 3.44. The Morgan fingerprint density at radius 3 is 2.17 bits per heavy atom. The van der Waals surface area contributed by atoms with E-state index >= 15 is 0 Å². The lowest BCUT2D eigenvalue weighted by molar-refractivity contribution is 1.50. The van der Waals surface area contributed by atoms with Crippen LogP contribution >= 0.6 is 0 Å². The largest absolute Gasteiger partial charge is 0.238 e. The van der Waals surface area contributed by atoms with Gasteiger partial charge < -0.3 is 0 Å². The molecule has 0 heterocycles. The number of benzene rings is 3. The molecule has 0 N–H and O–H groups in total. The van der Waals surface area contributed by atoms with Gasteiger partial charge in [-0.25, -0.2) is 4.85 Å². The molecule has 3 aromatic rings. The second-order valence-electron chi connectivity index (χ2n) is 4.17. The van der Waals surface area contributed by atoms with Gasteiger partial charge in [0.25, 0.3) is 0 Å². The van der Waals surface area contributed by atoms with Crippen LogP contribution in [0.25, 0.3) is 26.4 Å². The summed E-state index contributed by atoms with van der Waals surface area (Å²) in [7, 11) is 0. The Labute approximate surface area is 105 Å². The van der Waals surface area contributed by atoms with Crippen LogP contribution in [0.15, 0.2) is 48.5 Å². The lowest BCUT2D eigenvalue weighted by Crippen LogP contribution is -1.78. The molecular formula is C16H8N2. The summed E-state index contributed by atoms with van der Waals surface area (Å²) in [6.45, 7) is 7.02. The van der Waals surface area contributed by atoms with Crippen molar-refractivity contribution in [3.8, 4) is 6.07 Å². The maximum Gasteiger partial charge on any atom is 0.187 e. The molecular weight excluding hydrogens is 220 g/mol. The summed E-state index contributed by atoms with van der Waals surface area (Å²) < 4.78 is 0. The molecule has 0 fully saturated rings. The zero-order valence-corrected chi connectivity index (χ0v) is 9.51. The summed E-state index contributed by atoms with van der Waals surface area (Å²) in [5.74, 6) is 0. The van der Waals surface area contributed by atoms with Crippen LogP contribution in [0.1, 0.15) is 5.56 Å². The molecule has 2 heteroatoms. The summed E-state index contributed by atoms with van der Waals surface area (Å²) in [5, 5.41) is 13.2. The van der Waals surface area contributed by atoms with E-state index in [1.807, 2.05) is 36.4 Å². The zero-order chi connectivity index (χ0) is 12.5. The van der Waals surface area contributed by atoms with E-state index in [-0.39, 0.29) is 0 Å². The molecule has 0 atom stereocenters. The van der Waals surface area contributed by atoms with Crippen LogP contribution in [0.2, 0.25) is 0 Å². The summed E-state index contributed by atoms with van der Waals surface area (Å²) in [6.07, 6.45) is 0. The summed E-state index contributed by atoms with van der Waals surface area (Å²) in [6, 6.07) is 17.5. The Morgan fingerprint density at radius 2 is 1.50 bits per heavy atom. The smallest absolute Gasteiger partial charge is 0.187 e. The van der Waals surface area contributed by atoms with E-state index in [0.717, 1.165) is 21.5 Å². The van der Waals surface area contributed by atoms with Crippen molar-refractivity contribution in [2.45, 2.75) is 0 Å². The molecule has 3 aromatic carbocycles. The van der Waals surface area contributed by atoms with Gasteiger partial charge in [0.2, 0.25) is 0 Å². The van der Waals surface area contributed by atoms with Crippen molar-refractivity contribution in [1.29, 1.82) is 5.26 Å². The average Bonchev–Trinajstić information content (AvgIpc) is 2.43. The number of nitrogens with zero attached hydrogens (tertiary/aromatic N) is 2. The number of hydrogen-bond donors (Lipinski definition) is 0. The predicted molar refractivity (Wildman–Crippen MR) is 72.4 cm³/mol. The number of rotatable bonds is 0. The fraction of sp³-hybridized carbons (Fsp3) is 0. The van der Waals surface area contributed by atoms with Crippen molar-refractivity contribution in [3.63, 3.8) is 0 Å². The van der Waals surface area contributed by atoms with E-state index in [0.29, 0.717) is 11.3 Å². The Kier molecular flexibility index (Phi) is 2.22. The third kappa shape index (κ3) is 1.57. The van der Waals surface area contributed by atoms with Gasteiger partial charge in [-0.2, -0.15) is 5.26 Å². The van der Waals surface area contributed by atoms with Crippen LogP contribution in [-0.2, 0) is 0 Å². The SMILES string of the molecule is [C-]#[N+]c1ccc2cc3cc(C#N)ccc3cc2c1. The molecule has 0 aromatic heterocycles. The normalized spacial score (nSPS) is 10.1. The predicted octanol–water partition coefficient (Wildman–Crippen LogP) is 4.42. The highest BCUT2D eigenvalue weighted by atomic mass is 14.6. The number of nitriles is 1. The topological polar surface area (TPSA) is 28.1 Å². The monoisotopic (exact) mass is 228 g/mol. The second-order valence-corrected chi connectivity index (χ2v) is 4.17. The first-order chi connectivity index (χ1) is 8.80. The molecule has 2 nitrogen and oxygen atoms in total. The highest BCUT2D eigenvalue weighted by Gasteiger charge is 2.00. The molecule has 0 aliphatic heterocycles. The van der Waals surface area contributed by atoms with Crippen molar-refractivity contribution in [2.24, 2.45) is 0 Å². The van der Waals surface area contributed by atoms with Gasteiger partial charge in [0.15, 0.2) is 5.69 Å². The Bertz CT molecular complexity index is 775. The van der Waals surface area contributed by atoms with Crippen LogP contribution < -0.4 is 0 Å². The maximum absolute atomic E-state index is 8.90. The average molecular weight is 228 g/mol. The molecule has 0 amide bonds. The van der Waals surface area contributed by atoms with E-state index < -0.39 is 0 Å². The molecule has 0 saturated carbocycles. The third-order valence-corrected chi connectivity index (χ3v) is 3.04. The minimum atomic E-state index is 0.649. The van der Waals surface area contributed by atoms with Gasteiger partial charge in [-0.15, -0.1) is 0 Å². The van der Waals surface area contributed by atoms with E-state index in [9.17, 15) is 0 Å². The van der Waals surface area contributed by atoms with E-state index in [2.05, 4.69) is 23.0 Å². The van der Waals surface area contributed by atoms with Crippen LogP contribution in [0.5, 0.6) is 0 Å². The van der Waals surface area contributed by atoms with Gasteiger partial charge in [-0.3, -0.25) is 0 Å². The molecule has 3 rings (SSSR count). The third-order valence-electron chi connectivity index (χ3n) is 3.04. The van der Waals surface area contributed by atoms with Crippen LogP contribution in [-0.4, -0.2) is 0 Å². The standard InChI is InChI=1S/C16H8N2/c1-18-16-5-4-13-7-14-6-11(10-17)2-3-12(14)8-15(13)9-16/h2-9H. The van der Waals surface area contributed by atoms with E-state index in [4.69, 9.17) is 11.8 Å². The van der Waals surface area contributed by atoms with E-state index in [1.54, 1.807) is 0 Å². The second kappa shape index (κ2) is 3.87. The molecule has 0 saturated heterocycles. The molecule has 0 aliphatic carbocycles. The molecule has 0 bridgehead atoms. The fourth-order valence-electron chi connectivity index (χ4n) is 2.12. The van der Waals surface area contributed by atoms with E-state index in [1.165, 1.54) is 0 Å². The lowest BCUT2D eigenvalue weighted by atomic mass is 10.0. The van der Waals surface area contributed by atoms with Gasteiger partial charge in [-0.1, -0.05) is 18.2 Å². The summed E-state index contributed by atoms with van der Waals surface area (Å²) in [5.41, 5.74) is 1.31. The minimum Gasteiger partial charge on any atom is -0.238 e. The molecule has 82 valence electrons. The first-order valence-corrected chi connectivity index (χ1v) is 5.55. The van der Waals surface area contributed by atoms with Crippen molar-refractivity contribution in [1.82, 2.24) is 0 Å². The zero-order valence-electron chi connectivity index (χ0n) is 9.51. The molecule has 18 heavy (non-hydrogen) atoms. The van der Waals surface area contributed by atoms with Gasteiger partial charge in [0.05, 0.1) is 18.2 Å². The number of fused-ring (bicyclic) bond motifs is 2. The van der Waals surface area contributed by atoms with Gasteiger partial charge in [0, 0.05) is 0 Å². The lowest BCUT2D eigenvalue weighted by Gasteiger charge is -2.03. The number of hydrogen-bond acceptors (Lipinski definition) is 1. The molecule has 0 unspecified atom stereocenters. The van der Waals surface area contributed by atoms with Crippen molar-refractivity contribution < 1.29 is 0 Å². The maximum atomic E-state index is 8.90. The molecule has 0 spiro atoms. The molecule has 0 aliphatic rings. The van der Waals surface area contributed by atoms with Gasteiger partial charge in [-0.05, 0) is 51.9 Å². The minimum absolute atomic E-state index is 0.649. The summed E-state index contributed by atoms with van der Waals surface area (Å²) >= 11 is 0. The van der Waals surface area contributed by atoms with Gasteiger partial charge in [0.1, 0.15) is 0 Å². The van der Waals surface area contributed by atoms with Crippen LogP contribution in [0.3, 0.4) is 0 Å². The van der Waals surface area contributed by atoms with Crippen molar-refractivity contribution in [3.05, 3.63) is 65.5 Å². The highest BCUT2D eigenvalue weighted by Crippen LogP contribution is 2.26. The van der Waals surface area contributed by atoms with Crippen LogP contribution in [0.4, 0.5) is 5.69 Å². The Balaban J connectivity index is 2.37. The highest BCUT2D eigenvalue weighted by molar-refractivity contribution is 5.99. The van der Waals surface area contributed by atoms with Crippen molar-refractivity contribution >= 4 is 27.2 Å². The van der Waals surface area contributed by atoms with Crippen LogP contribution in [0, 0.1) is 17.9 Å². The van der Waals surface area contributed by atoms with Crippen molar-refractivity contribution in [2.75, 3.05) is 0 Å².